The van der Waals surface area contributed by atoms with E-state index in [1.807, 2.05) is 30.3 Å². The summed E-state index contributed by atoms with van der Waals surface area (Å²) in [5.41, 5.74) is 7.37. The Labute approximate surface area is 101 Å². The number of benzene rings is 1. The van der Waals surface area contributed by atoms with Crippen molar-refractivity contribution in [1.29, 1.82) is 10.5 Å². The molecule has 1 aliphatic carbocycles. The average Bonchev–Trinajstić information content (AvgIpc) is 2.41. The first kappa shape index (κ1) is 11.2. The van der Waals surface area contributed by atoms with Gasteiger partial charge in [-0.1, -0.05) is 30.3 Å². The third kappa shape index (κ3) is 1.88. The van der Waals surface area contributed by atoms with Crippen LogP contribution in [0, 0.1) is 22.7 Å². The van der Waals surface area contributed by atoms with E-state index in [1.165, 1.54) is 0 Å². The van der Waals surface area contributed by atoms with E-state index >= 15 is 0 Å². The quantitative estimate of drug-likeness (QED) is 0.794. The monoisotopic (exact) mass is 223 g/mol. The fourth-order valence-corrected chi connectivity index (χ4v) is 2.28. The minimum atomic E-state index is -0.588. The standard InChI is InChI=1S/C14H13N3/c15-9-11-8-14(10-16,7-6-13(11)17)12-4-2-1-3-5-12/h1-5H,6-8,17H2. The molecule has 2 N–H and O–H groups in total. The molecule has 0 saturated carbocycles. The lowest BCUT2D eigenvalue weighted by Crippen LogP contribution is -2.30. The summed E-state index contributed by atoms with van der Waals surface area (Å²) in [6.45, 7) is 0. The Morgan fingerprint density at radius 2 is 1.88 bits per heavy atom. The van der Waals surface area contributed by atoms with Crippen LogP contribution in [-0.4, -0.2) is 0 Å². The lowest BCUT2D eigenvalue weighted by molar-refractivity contribution is 0.473. The Morgan fingerprint density at radius 1 is 1.18 bits per heavy atom. The highest BCUT2D eigenvalue weighted by molar-refractivity contribution is 5.41. The first-order chi connectivity index (χ1) is 8.22. The van der Waals surface area contributed by atoms with Gasteiger partial charge in [-0.25, -0.2) is 0 Å². The molecule has 3 heteroatoms. The summed E-state index contributed by atoms with van der Waals surface area (Å²) in [4.78, 5) is 0. The largest absolute Gasteiger partial charge is 0.401 e. The van der Waals surface area contributed by atoms with E-state index in [9.17, 15) is 5.26 Å². The second kappa shape index (κ2) is 4.31. The van der Waals surface area contributed by atoms with Crippen LogP contribution in [0.15, 0.2) is 41.6 Å². The summed E-state index contributed by atoms with van der Waals surface area (Å²) in [5, 5.41) is 18.5. The fraction of sp³-hybridized carbons (Fsp3) is 0.286. The van der Waals surface area contributed by atoms with Gasteiger partial charge in [-0.2, -0.15) is 10.5 Å². The number of allylic oxidation sites excluding steroid dienone is 2. The number of nitrogens with zero attached hydrogens (tertiary/aromatic N) is 2. The SMILES string of the molecule is N#CC1=C(N)CCC(C#N)(c2ccccc2)C1. The molecule has 0 fully saturated rings. The van der Waals surface area contributed by atoms with Gasteiger partial charge in [0.15, 0.2) is 0 Å². The lowest BCUT2D eigenvalue weighted by Gasteiger charge is -2.31. The van der Waals surface area contributed by atoms with E-state index < -0.39 is 5.41 Å². The number of nitriles is 2. The molecule has 0 saturated heterocycles. The molecular weight excluding hydrogens is 210 g/mol. The van der Waals surface area contributed by atoms with Crippen LogP contribution in [0.5, 0.6) is 0 Å². The number of hydrogen-bond donors (Lipinski definition) is 1. The van der Waals surface area contributed by atoms with Gasteiger partial charge in [-0.3, -0.25) is 0 Å². The van der Waals surface area contributed by atoms with Crippen molar-refractivity contribution in [2.75, 3.05) is 0 Å². The molecule has 1 aromatic carbocycles. The minimum absolute atomic E-state index is 0.426. The van der Waals surface area contributed by atoms with Gasteiger partial charge in [0.25, 0.3) is 0 Å². The Kier molecular flexibility index (Phi) is 2.85. The van der Waals surface area contributed by atoms with Crippen LogP contribution in [-0.2, 0) is 5.41 Å². The zero-order valence-electron chi connectivity index (χ0n) is 9.48. The van der Waals surface area contributed by atoms with Gasteiger partial charge in [0, 0.05) is 12.1 Å². The van der Waals surface area contributed by atoms with Crippen LogP contribution in [0.1, 0.15) is 24.8 Å². The summed E-state index contributed by atoms with van der Waals surface area (Å²) in [6, 6.07) is 14.1. The first-order valence-electron chi connectivity index (χ1n) is 5.56. The van der Waals surface area contributed by atoms with E-state index in [2.05, 4.69) is 12.1 Å². The van der Waals surface area contributed by atoms with Crippen LogP contribution >= 0.6 is 0 Å². The van der Waals surface area contributed by atoms with Crippen LogP contribution in [0.2, 0.25) is 0 Å². The molecule has 2 rings (SSSR count). The molecule has 84 valence electrons. The molecule has 3 nitrogen and oxygen atoms in total. The topological polar surface area (TPSA) is 73.6 Å². The van der Waals surface area contributed by atoms with Crippen molar-refractivity contribution in [2.24, 2.45) is 5.73 Å². The van der Waals surface area contributed by atoms with Crippen molar-refractivity contribution in [3.63, 3.8) is 0 Å². The number of rotatable bonds is 1. The van der Waals surface area contributed by atoms with Crippen molar-refractivity contribution in [1.82, 2.24) is 0 Å². The average molecular weight is 223 g/mol. The van der Waals surface area contributed by atoms with Gasteiger partial charge in [0.05, 0.1) is 23.1 Å². The number of hydrogen-bond acceptors (Lipinski definition) is 3. The summed E-state index contributed by atoms with van der Waals surface area (Å²) in [7, 11) is 0. The third-order valence-corrected chi connectivity index (χ3v) is 3.36. The summed E-state index contributed by atoms with van der Waals surface area (Å²) in [5.74, 6) is 0. The predicted octanol–water partition coefficient (Wildman–Crippen LogP) is 2.37. The van der Waals surface area contributed by atoms with Crippen LogP contribution in [0.25, 0.3) is 0 Å². The Bertz CT molecular complexity index is 531. The Balaban J connectivity index is 2.44. The predicted molar refractivity (Wildman–Crippen MR) is 64.4 cm³/mol. The van der Waals surface area contributed by atoms with Gasteiger partial charge in [0.1, 0.15) is 0 Å². The number of nitrogens with two attached hydrogens (primary N) is 1. The van der Waals surface area contributed by atoms with Crippen molar-refractivity contribution >= 4 is 0 Å². The van der Waals surface area contributed by atoms with E-state index in [0.717, 1.165) is 5.56 Å². The molecular formula is C14H13N3. The van der Waals surface area contributed by atoms with E-state index in [4.69, 9.17) is 11.0 Å². The fourth-order valence-electron chi connectivity index (χ4n) is 2.28. The van der Waals surface area contributed by atoms with E-state index in [-0.39, 0.29) is 0 Å². The molecule has 1 unspecified atom stereocenters. The van der Waals surface area contributed by atoms with Crippen molar-refractivity contribution < 1.29 is 0 Å². The highest BCUT2D eigenvalue weighted by Gasteiger charge is 2.37. The van der Waals surface area contributed by atoms with Crippen molar-refractivity contribution in [3.05, 3.63) is 47.2 Å². The van der Waals surface area contributed by atoms with Gasteiger partial charge in [-0.15, -0.1) is 0 Å². The Hall–Kier alpha value is -2.26. The molecule has 0 radical (unpaired) electrons. The highest BCUT2D eigenvalue weighted by atomic mass is 14.6. The molecule has 1 atom stereocenters. The van der Waals surface area contributed by atoms with Crippen molar-refractivity contribution in [2.45, 2.75) is 24.7 Å². The normalized spacial score (nSPS) is 23.9. The smallest absolute Gasteiger partial charge is 0.0965 e. The molecule has 0 aliphatic heterocycles. The minimum Gasteiger partial charge on any atom is -0.401 e. The Morgan fingerprint density at radius 3 is 2.47 bits per heavy atom. The van der Waals surface area contributed by atoms with Crippen LogP contribution < -0.4 is 5.73 Å². The molecule has 0 aromatic heterocycles. The molecule has 0 bridgehead atoms. The molecule has 0 amide bonds. The maximum absolute atomic E-state index is 9.47. The third-order valence-electron chi connectivity index (χ3n) is 3.36. The summed E-state index contributed by atoms with van der Waals surface area (Å²) >= 11 is 0. The first-order valence-corrected chi connectivity index (χ1v) is 5.56. The van der Waals surface area contributed by atoms with Gasteiger partial charge in [-0.05, 0) is 18.4 Å². The summed E-state index contributed by atoms with van der Waals surface area (Å²) in [6.07, 6.45) is 1.73. The van der Waals surface area contributed by atoms with E-state index in [0.29, 0.717) is 30.5 Å². The van der Waals surface area contributed by atoms with Gasteiger partial charge < -0.3 is 5.73 Å². The maximum atomic E-state index is 9.47. The molecule has 0 spiro atoms. The van der Waals surface area contributed by atoms with Crippen LogP contribution in [0.4, 0.5) is 0 Å². The maximum Gasteiger partial charge on any atom is 0.0965 e. The molecule has 1 aromatic rings. The second-order valence-corrected chi connectivity index (χ2v) is 4.35. The lowest BCUT2D eigenvalue weighted by atomic mass is 9.70. The second-order valence-electron chi connectivity index (χ2n) is 4.35. The van der Waals surface area contributed by atoms with Crippen molar-refractivity contribution in [3.8, 4) is 12.1 Å². The summed E-state index contributed by atoms with van der Waals surface area (Å²) < 4.78 is 0. The molecule has 17 heavy (non-hydrogen) atoms. The van der Waals surface area contributed by atoms with Gasteiger partial charge >= 0.3 is 0 Å². The zero-order valence-corrected chi connectivity index (χ0v) is 9.48. The highest BCUT2D eigenvalue weighted by Crippen LogP contribution is 2.40. The van der Waals surface area contributed by atoms with Gasteiger partial charge in [0.2, 0.25) is 0 Å². The molecule has 1 aliphatic rings. The molecule has 0 heterocycles. The zero-order chi connectivity index (χ0) is 12.3. The van der Waals surface area contributed by atoms with Crippen LogP contribution in [0.3, 0.4) is 0 Å². The van der Waals surface area contributed by atoms with E-state index in [1.54, 1.807) is 0 Å².